The Morgan fingerprint density at radius 3 is 1.77 bits per heavy atom. The second kappa shape index (κ2) is 3.53. The lowest BCUT2D eigenvalue weighted by molar-refractivity contribution is 0.526. The second-order valence-electron chi connectivity index (χ2n) is 3.52. The first kappa shape index (κ1) is 12.8. The van der Waals surface area contributed by atoms with Gasteiger partial charge >= 0.3 is 10.2 Å². The molecule has 0 aromatic rings. The standard InChI is InChI=1S/C6H13FO4S2/c1-6(2,12(3,8)9)4-5-13(7,10)11/h4-5H2,1-3H3. The minimum atomic E-state index is -4.58. The molecule has 0 aromatic heterocycles. The normalized spacial score (nSPS) is 14.5. The van der Waals surface area contributed by atoms with Crippen molar-refractivity contribution in [3.63, 3.8) is 0 Å². The lowest BCUT2D eigenvalue weighted by Crippen LogP contribution is -2.32. The molecule has 0 amide bonds. The van der Waals surface area contributed by atoms with Crippen LogP contribution in [0.2, 0.25) is 0 Å². The van der Waals surface area contributed by atoms with Gasteiger partial charge in [0.15, 0.2) is 9.84 Å². The highest BCUT2D eigenvalue weighted by molar-refractivity contribution is 7.92. The molecule has 0 aromatic carbocycles. The number of halogens is 1. The van der Waals surface area contributed by atoms with E-state index < -0.39 is 30.6 Å². The van der Waals surface area contributed by atoms with E-state index in [1.54, 1.807) is 0 Å². The van der Waals surface area contributed by atoms with E-state index in [0.29, 0.717) is 0 Å². The molecule has 13 heavy (non-hydrogen) atoms. The molecule has 0 unspecified atom stereocenters. The summed E-state index contributed by atoms with van der Waals surface area (Å²) in [5.41, 5.74) is 0. The Labute approximate surface area is 78.3 Å². The summed E-state index contributed by atoms with van der Waals surface area (Å²) < 4.78 is 53.3. The fourth-order valence-electron chi connectivity index (χ4n) is 0.553. The molecule has 0 saturated heterocycles. The highest BCUT2D eigenvalue weighted by Crippen LogP contribution is 2.20. The van der Waals surface area contributed by atoms with Gasteiger partial charge in [-0.25, -0.2) is 8.42 Å². The summed E-state index contributed by atoms with van der Waals surface area (Å²) in [4.78, 5) is 0. The molecule has 0 heterocycles. The second-order valence-corrected chi connectivity index (χ2v) is 7.66. The summed E-state index contributed by atoms with van der Waals surface area (Å²) in [5.74, 6) is -0.757. The van der Waals surface area contributed by atoms with Gasteiger partial charge < -0.3 is 0 Å². The van der Waals surface area contributed by atoms with Crippen molar-refractivity contribution in [1.29, 1.82) is 0 Å². The maximum Gasteiger partial charge on any atom is 0.302 e. The van der Waals surface area contributed by atoms with Crippen LogP contribution >= 0.6 is 0 Å². The third-order valence-electron chi connectivity index (χ3n) is 1.95. The SMILES string of the molecule is CC(C)(CCS(=O)(=O)F)S(C)(=O)=O. The predicted molar refractivity (Wildman–Crippen MR) is 48.4 cm³/mol. The highest BCUT2D eigenvalue weighted by atomic mass is 32.3. The van der Waals surface area contributed by atoms with Crippen molar-refractivity contribution in [1.82, 2.24) is 0 Å². The molecule has 0 atom stereocenters. The molecule has 0 rings (SSSR count). The zero-order chi connectivity index (χ0) is 10.9. The average Bonchev–Trinajstić information content (AvgIpc) is 1.79. The van der Waals surface area contributed by atoms with E-state index in [4.69, 9.17) is 0 Å². The van der Waals surface area contributed by atoms with Gasteiger partial charge in [0, 0.05) is 6.26 Å². The minimum absolute atomic E-state index is 0.231. The fraction of sp³-hybridized carbons (Fsp3) is 1.00. The molecule has 0 radical (unpaired) electrons. The van der Waals surface area contributed by atoms with Gasteiger partial charge in [0.05, 0.1) is 10.5 Å². The number of rotatable bonds is 4. The van der Waals surface area contributed by atoms with Gasteiger partial charge in [-0.05, 0) is 20.3 Å². The average molecular weight is 232 g/mol. The molecule has 4 nitrogen and oxygen atoms in total. The Bertz CT molecular complexity index is 365. The summed E-state index contributed by atoms with van der Waals surface area (Å²) in [7, 11) is -7.94. The maximum atomic E-state index is 12.1. The Morgan fingerprint density at radius 1 is 1.15 bits per heavy atom. The minimum Gasteiger partial charge on any atom is -0.229 e. The smallest absolute Gasteiger partial charge is 0.229 e. The molecular formula is C6H13FO4S2. The first-order valence-corrected chi connectivity index (χ1v) is 7.02. The van der Waals surface area contributed by atoms with Gasteiger partial charge in [-0.3, -0.25) is 0 Å². The van der Waals surface area contributed by atoms with E-state index in [9.17, 15) is 20.7 Å². The largest absolute Gasteiger partial charge is 0.302 e. The number of hydrogen-bond acceptors (Lipinski definition) is 4. The van der Waals surface area contributed by atoms with Gasteiger partial charge in [-0.15, -0.1) is 3.89 Å². The topological polar surface area (TPSA) is 68.3 Å². The van der Waals surface area contributed by atoms with Crippen LogP contribution in [-0.2, 0) is 20.1 Å². The highest BCUT2D eigenvalue weighted by Gasteiger charge is 2.31. The monoisotopic (exact) mass is 232 g/mol. The molecule has 0 aliphatic rings. The lowest BCUT2D eigenvalue weighted by atomic mass is 10.1. The Balaban J connectivity index is 4.57. The number of hydrogen-bond donors (Lipinski definition) is 0. The van der Waals surface area contributed by atoms with Crippen LogP contribution < -0.4 is 0 Å². The van der Waals surface area contributed by atoms with Crippen LogP contribution in [0.3, 0.4) is 0 Å². The first-order chi connectivity index (χ1) is 5.46. The van der Waals surface area contributed by atoms with Gasteiger partial charge in [0.25, 0.3) is 0 Å². The molecule has 0 saturated carbocycles. The van der Waals surface area contributed by atoms with Crippen LogP contribution in [0.15, 0.2) is 0 Å². The zero-order valence-corrected chi connectivity index (χ0v) is 9.37. The van der Waals surface area contributed by atoms with Gasteiger partial charge in [0.1, 0.15) is 0 Å². The summed E-state index contributed by atoms with van der Waals surface area (Å²) in [6.07, 6.45) is 0.766. The van der Waals surface area contributed by atoms with E-state index in [2.05, 4.69) is 0 Å². The predicted octanol–water partition coefficient (Wildman–Crippen LogP) is 0.499. The zero-order valence-electron chi connectivity index (χ0n) is 7.74. The van der Waals surface area contributed by atoms with E-state index in [1.165, 1.54) is 13.8 Å². The van der Waals surface area contributed by atoms with Crippen molar-refractivity contribution in [2.75, 3.05) is 12.0 Å². The molecule has 0 N–H and O–H groups in total. The van der Waals surface area contributed by atoms with E-state index in [-0.39, 0.29) is 6.42 Å². The Morgan fingerprint density at radius 2 is 1.54 bits per heavy atom. The molecule has 80 valence electrons. The summed E-state index contributed by atoms with van der Waals surface area (Å²) in [5, 5.41) is 0. The van der Waals surface area contributed by atoms with Crippen molar-refractivity contribution >= 4 is 20.1 Å². The van der Waals surface area contributed by atoms with E-state index in [1.807, 2.05) is 0 Å². The quantitative estimate of drug-likeness (QED) is 0.662. The van der Waals surface area contributed by atoms with Crippen LogP contribution in [-0.4, -0.2) is 33.6 Å². The van der Waals surface area contributed by atoms with Crippen molar-refractivity contribution < 1.29 is 20.7 Å². The maximum absolute atomic E-state index is 12.1. The number of sulfone groups is 1. The van der Waals surface area contributed by atoms with Crippen LogP contribution in [0.1, 0.15) is 20.3 Å². The van der Waals surface area contributed by atoms with E-state index >= 15 is 0 Å². The van der Waals surface area contributed by atoms with Crippen LogP contribution in [0.25, 0.3) is 0 Å². The van der Waals surface area contributed by atoms with Crippen molar-refractivity contribution in [2.24, 2.45) is 0 Å². The van der Waals surface area contributed by atoms with Crippen LogP contribution in [0, 0.1) is 0 Å². The van der Waals surface area contributed by atoms with Gasteiger partial charge in [-0.2, -0.15) is 8.42 Å². The first-order valence-electron chi connectivity index (χ1n) is 3.58. The van der Waals surface area contributed by atoms with Gasteiger partial charge in [-0.1, -0.05) is 0 Å². The van der Waals surface area contributed by atoms with E-state index in [0.717, 1.165) is 6.26 Å². The van der Waals surface area contributed by atoms with Crippen LogP contribution in [0.5, 0.6) is 0 Å². The molecule has 0 spiro atoms. The summed E-state index contributed by atoms with van der Waals surface area (Å²) >= 11 is 0. The fourth-order valence-corrected chi connectivity index (χ4v) is 1.91. The van der Waals surface area contributed by atoms with Crippen molar-refractivity contribution in [3.05, 3.63) is 0 Å². The molecule has 0 aliphatic heterocycles. The molecule has 7 heteroatoms. The Hall–Kier alpha value is -0.170. The summed E-state index contributed by atoms with van der Waals surface area (Å²) in [6.45, 7) is 2.74. The lowest BCUT2D eigenvalue weighted by Gasteiger charge is -2.20. The third-order valence-corrected chi connectivity index (χ3v) is 4.86. The molecular weight excluding hydrogens is 219 g/mol. The third kappa shape index (κ3) is 4.56. The van der Waals surface area contributed by atoms with Gasteiger partial charge in [0.2, 0.25) is 0 Å². The van der Waals surface area contributed by atoms with Crippen LogP contribution in [0.4, 0.5) is 3.89 Å². The molecule has 0 aliphatic carbocycles. The van der Waals surface area contributed by atoms with Crippen molar-refractivity contribution in [3.8, 4) is 0 Å². The van der Waals surface area contributed by atoms with Crippen molar-refractivity contribution in [2.45, 2.75) is 25.0 Å². The molecule has 0 fully saturated rings. The Kier molecular flexibility index (Phi) is 3.48. The molecule has 0 bridgehead atoms. The summed E-state index contributed by atoms with van der Waals surface area (Å²) in [6, 6.07) is 0.